The van der Waals surface area contributed by atoms with Crippen LogP contribution in [0.5, 0.6) is 0 Å². The summed E-state index contributed by atoms with van der Waals surface area (Å²) in [5, 5.41) is 9.65. The van der Waals surface area contributed by atoms with Gasteiger partial charge in [-0.3, -0.25) is 9.59 Å². The molecule has 59 heavy (non-hydrogen) atoms. The van der Waals surface area contributed by atoms with Crippen molar-refractivity contribution >= 4 is 17.9 Å². The van der Waals surface area contributed by atoms with E-state index in [0.717, 1.165) is 38.5 Å². The van der Waals surface area contributed by atoms with Crippen LogP contribution in [0, 0.1) is 0 Å². The number of carbonyl (C=O) groups excluding carboxylic acids is 2. The Morgan fingerprint density at radius 1 is 0.492 bits per heavy atom. The Hall–Kier alpha value is -1.97. The number of quaternary nitrogens is 1. The van der Waals surface area contributed by atoms with Gasteiger partial charge in [0.2, 0.25) is 0 Å². The predicted molar refractivity (Wildman–Crippen MR) is 245 cm³/mol. The smallest absolute Gasteiger partial charge is 0.361 e. The molecule has 0 saturated heterocycles. The molecule has 0 fully saturated rings. The number of nitrogens with zero attached hydrogens (tertiary/aromatic N) is 1. The number of ether oxygens (including phenoxy) is 4. The average Bonchev–Trinajstić information content (AvgIpc) is 3.19. The molecule has 0 aliphatic rings. The van der Waals surface area contributed by atoms with Crippen molar-refractivity contribution in [3.63, 3.8) is 0 Å². The normalized spacial score (nSPS) is 12.9. The van der Waals surface area contributed by atoms with E-state index in [1.165, 1.54) is 167 Å². The Labute approximate surface area is 364 Å². The molecule has 0 bridgehead atoms. The first-order valence-electron chi connectivity index (χ1n) is 24.9. The topological polar surface area (TPSA) is 108 Å². The molecule has 2 atom stereocenters. The lowest BCUT2D eigenvalue weighted by Gasteiger charge is -2.25. The molecule has 0 saturated carbocycles. The number of allylic oxidation sites excluding steroid dienone is 2. The highest BCUT2D eigenvalue weighted by Crippen LogP contribution is 2.16. The van der Waals surface area contributed by atoms with E-state index in [1.807, 2.05) is 21.1 Å². The first-order chi connectivity index (χ1) is 28.6. The van der Waals surface area contributed by atoms with Crippen LogP contribution in [0.25, 0.3) is 0 Å². The summed E-state index contributed by atoms with van der Waals surface area (Å²) in [6, 6.07) is 0. The number of esters is 2. The van der Waals surface area contributed by atoms with E-state index >= 15 is 0 Å². The monoisotopic (exact) mass is 839 g/mol. The minimum absolute atomic E-state index is 0.177. The van der Waals surface area contributed by atoms with Crippen molar-refractivity contribution in [1.82, 2.24) is 0 Å². The maximum absolute atomic E-state index is 12.8. The summed E-state index contributed by atoms with van der Waals surface area (Å²) in [6.45, 7) is 4.90. The van der Waals surface area contributed by atoms with Gasteiger partial charge in [-0.15, -0.1) is 0 Å². The van der Waals surface area contributed by atoms with Crippen LogP contribution >= 0.6 is 0 Å². The lowest BCUT2D eigenvalue weighted by Crippen LogP contribution is -2.40. The van der Waals surface area contributed by atoms with Crippen LogP contribution in [0.1, 0.15) is 232 Å². The van der Waals surface area contributed by atoms with Crippen molar-refractivity contribution in [3.8, 4) is 0 Å². The Bertz CT molecular complexity index is 980. The average molecular weight is 839 g/mol. The number of carboxylic acid groups (broad SMARTS) is 1. The van der Waals surface area contributed by atoms with Gasteiger partial charge in [-0.25, -0.2) is 4.79 Å². The van der Waals surface area contributed by atoms with Gasteiger partial charge in [0.05, 0.1) is 34.4 Å². The second-order valence-corrected chi connectivity index (χ2v) is 18.1. The molecule has 0 amide bonds. The molecule has 9 heteroatoms. The van der Waals surface area contributed by atoms with Crippen molar-refractivity contribution in [3.05, 3.63) is 12.2 Å². The number of hydrogen-bond donors (Lipinski definition) is 1. The number of rotatable bonds is 46. The zero-order chi connectivity index (χ0) is 43.5. The molecule has 0 spiro atoms. The summed E-state index contributed by atoms with van der Waals surface area (Å²) in [5.74, 6) is -1.99. The molecule has 0 heterocycles. The highest BCUT2D eigenvalue weighted by Gasteiger charge is 2.25. The minimum Gasteiger partial charge on any atom is -0.477 e. The fraction of sp³-hybridized carbons (Fsp3) is 0.900. The zero-order valence-corrected chi connectivity index (χ0v) is 39.4. The van der Waals surface area contributed by atoms with Crippen LogP contribution in [0.4, 0.5) is 0 Å². The van der Waals surface area contributed by atoms with Gasteiger partial charge in [0, 0.05) is 12.8 Å². The summed E-state index contributed by atoms with van der Waals surface area (Å²) < 4.78 is 22.8. The van der Waals surface area contributed by atoms with Gasteiger partial charge in [0.15, 0.2) is 6.10 Å². The van der Waals surface area contributed by atoms with E-state index in [-0.39, 0.29) is 32.2 Å². The van der Waals surface area contributed by atoms with E-state index in [4.69, 9.17) is 18.9 Å². The third-order valence-corrected chi connectivity index (χ3v) is 11.0. The number of carboxylic acids is 1. The molecule has 9 nitrogen and oxygen atoms in total. The molecule has 0 radical (unpaired) electrons. The Morgan fingerprint density at radius 3 is 1.25 bits per heavy atom. The van der Waals surface area contributed by atoms with Crippen LogP contribution in [0.2, 0.25) is 0 Å². The molecule has 0 aromatic carbocycles. The molecule has 0 rings (SSSR count). The van der Waals surface area contributed by atoms with Gasteiger partial charge in [-0.2, -0.15) is 0 Å². The largest absolute Gasteiger partial charge is 0.477 e. The number of likely N-dealkylation sites (N-methyl/N-ethyl adjacent to an activating group) is 1. The van der Waals surface area contributed by atoms with E-state index in [9.17, 15) is 19.5 Å². The fourth-order valence-electron chi connectivity index (χ4n) is 7.13. The number of aliphatic carboxylic acids is 1. The second-order valence-electron chi connectivity index (χ2n) is 18.1. The van der Waals surface area contributed by atoms with Crippen molar-refractivity contribution in [2.45, 2.75) is 245 Å². The van der Waals surface area contributed by atoms with Gasteiger partial charge in [-0.1, -0.05) is 193 Å². The third kappa shape index (κ3) is 43.9. The third-order valence-electron chi connectivity index (χ3n) is 11.0. The van der Waals surface area contributed by atoms with Crippen molar-refractivity contribution in [2.75, 3.05) is 47.5 Å². The highest BCUT2D eigenvalue weighted by atomic mass is 16.7. The second kappa shape index (κ2) is 42.7. The molecule has 0 aromatic rings. The molecule has 348 valence electrons. The Balaban J connectivity index is 4.34. The molecular weight excluding hydrogens is 743 g/mol. The van der Waals surface area contributed by atoms with Crippen molar-refractivity contribution in [1.29, 1.82) is 0 Å². The number of carbonyl (C=O) groups is 3. The van der Waals surface area contributed by atoms with Gasteiger partial charge >= 0.3 is 17.9 Å². The Morgan fingerprint density at radius 2 is 0.864 bits per heavy atom. The minimum atomic E-state index is -1.50. The van der Waals surface area contributed by atoms with Crippen LogP contribution in [-0.4, -0.2) is 87.4 Å². The summed E-state index contributed by atoms with van der Waals surface area (Å²) >= 11 is 0. The molecule has 1 N–H and O–H groups in total. The quantitative estimate of drug-likeness (QED) is 0.0212. The number of hydrogen-bond acceptors (Lipinski definition) is 7. The molecule has 2 unspecified atom stereocenters. The van der Waals surface area contributed by atoms with Gasteiger partial charge in [0.25, 0.3) is 6.29 Å². The first-order valence-corrected chi connectivity index (χ1v) is 24.9. The van der Waals surface area contributed by atoms with Crippen LogP contribution < -0.4 is 0 Å². The lowest BCUT2D eigenvalue weighted by atomic mass is 10.0. The first kappa shape index (κ1) is 57.0. The van der Waals surface area contributed by atoms with Crippen molar-refractivity contribution in [2.24, 2.45) is 0 Å². The van der Waals surface area contributed by atoms with Crippen LogP contribution in [0.3, 0.4) is 0 Å². The summed E-state index contributed by atoms with van der Waals surface area (Å²) in [5.41, 5.74) is 0. The van der Waals surface area contributed by atoms with Crippen LogP contribution in [-0.2, 0) is 33.3 Å². The van der Waals surface area contributed by atoms with Crippen LogP contribution in [0.15, 0.2) is 12.2 Å². The summed E-state index contributed by atoms with van der Waals surface area (Å²) in [4.78, 5) is 37.2. The zero-order valence-electron chi connectivity index (χ0n) is 39.4. The van der Waals surface area contributed by atoms with E-state index < -0.39 is 24.3 Å². The number of unbranched alkanes of at least 4 members (excludes halogenated alkanes) is 29. The van der Waals surface area contributed by atoms with E-state index in [2.05, 4.69) is 26.0 Å². The molecule has 0 aliphatic heterocycles. The van der Waals surface area contributed by atoms with Crippen molar-refractivity contribution < 1.29 is 42.9 Å². The van der Waals surface area contributed by atoms with Gasteiger partial charge in [-0.05, 0) is 38.5 Å². The SMILES string of the molecule is CCCCCCCC/C=C\CCCCCCCCCCCC(=O)OC(COC(=O)CCCCCCCCCCCCCCCCC)COC(OCC[N+](C)(C)C)C(=O)O. The Kier molecular flexibility index (Phi) is 41.3. The molecule has 0 aliphatic carbocycles. The summed E-state index contributed by atoms with van der Waals surface area (Å²) in [7, 11) is 5.97. The standard InChI is InChI=1S/C50H95NO8/c1-6-8-10-12-14-16-18-20-22-23-24-25-27-29-31-33-35-37-39-41-48(53)59-46(45-58-50(49(54)55)56-43-42-51(3,4)5)44-57-47(52)40-38-36-34-32-30-28-26-21-19-17-15-13-11-9-7-2/h20,22,46,50H,6-19,21,23-45H2,1-5H3/p+1/b22-20-. The van der Waals surface area contributed by atoms with E-state index in [0.29, 0.717) is 17.4 Å². The van der Waals surface area contributed by atoms with Gasteiger partial charge in [0.1, 0.15) is 13.2 Å². The lowest BCUT2D eigenvalue weighted by molar-refractivity contribution is -0.870. The van der Waals surface area contributed by atoms with Gasteiger partial charge < -0.3 is 28.5 Å². The predicted octanol–water partition coefficient (Wildman–Crippen LogP) is 13.5. The van der Waals surface area contributed by atoms with E-state index in [1.54, 1.807) is 0 Å². The molecule has 0 aromatic heterocycles. The highest BCUT2D eigenvalue weighted by molar-refractivity contribution is 5.71. The molecular formula is C50H96NO8+. The summed E-state index contributed by atoms with van der Waals surface area (Å²) in [6.07, 6.45) is 42.6. The maximum atomic E-state index is 12.8. The maximum Gasteiger partial charge on any atom is 0.361 e. The fourth-order valence-corrected chi connectivity index (χ4v) is 7.13.